The topological polar surface area (TPSA) is 38.1 Å². The number of phenolic OH excluding ortho intramolecular Hbond substituents is 1. The molecule has 3 rings (SSSR count). The largest absolute Gasteiger partial charge is 0.507 e. The van der Waals surface area contributed by atoms with E-state index in [-0.39, 0.29) is 0 Å². The lowest BCUT2D eigenvalue weighted by molar-refractivity contribution is 0.471. The number of rotatable bonds is 2. The third-order valence-electron chi connectivity index (χ3n) is 3.57. The first kappa shape index (κ1) is 14.4. The van der Waals surface area contributed by atoms with Crippen LogP contribution in [0, 0.1) is 10.5 Å². The summed E-state index contributed by atoms with van der Waals surface area (Å²) in [6.45, 7) is 6.37. The molecule has 0 aliphatic rings. The van der Waals surface area contributed by atoms with Gasteiger partial charge in [-0.2, -0.15) is 0 Å². The number of aromatic nitrogens is 2. The lowest BCUT2D eigenvalue weighted by atomic mass is 10.2. The second-order valence-electron chi connectivity index (χ2n) is 5.56. The molecule has 21 heavy (non-hydrogen) atoms. The first-order valence-corrected chi connectivity index (χ1v) is 8.02. The van der Waals surface area contributed by atoms with Gasteiger partial charge < -0.3 is 9.67 Å². The zero-order valence-corrected chi connectivity index (χ0v) is 14.4. The highest BCUT2D eigenvalue weighted by atomic mass is 127. The van der Waals surface area contributed by atoms with Gasteiger partial charge in [0.2, 0.25) is 0 Å². The van der Waals surface area contributed by atoms with Gasteiger partial charge in [0.15, 0.2) is 0 Å². The van der Waals surface area contributed by atoms with E-state index in [9.17, 15) is 5.11 Å². The highest BCUT2D eigenvalue weighted by Gasteiger charge is 2.15. The summed E-state index contributed by atoms with van der Waals surface area (Å²) in [5.41, 5.74) is 4.27. The Morgan fingerprint density at radius 2 is 1.90 bits per heavy atom. The molecule has 0 amide bonds. The minimum atomic E-state index is 0.298. The Labute approximate surface area is 137 Å². The second kappa shape index (κ2) is 5.33. The van der Waals surface area contributed by atoms with Gasteiger partial charge in [-0.1, -0.05) is 6.07 Å². The van der Waals surface area contributed by atoms with Crippen molar-refractivity contribution in [3.63, 3.8) is 0 Å². The summed E-state index contributed by atoms with van der Waals surface area (Å²) in [5, 5.41) is 9.97. The van der Waals surface area contributed by atoms with Crippen LogP contribution in [-0.4, -0.2) is 14.7 Å². The van der Waals surface area contributed by atoms with Crippen LogP contribution in [-0.2, 0) is 0 Å². The van der Waals surface area contributed by atoms with Crippen LogP contribution in [0.15, 0.2) is 36.4 Å². The van der Waals surface area contributed by atoms with E-state index in [4.69, 9.17) is 4.98 Å². The monoisotopic (exact) mass is 392 g/mol. The van der Waals surface area contributed by atoms with Crippen LogP contribution < -0.4 is 0 Å². The third kappa shape index (κ3) is 2.52. The Morgan fingerprint density at radius 1 is 1.14 bits per heavy atom. The van der Waals surface area contributed by atoms with E-state index in [1.807, 2.05) is 12.1 Å². The molecule has 1 N–H and O–H groups in total. The van der Waals surface area contributed by atoms with Gasteiger partial charge in [0.1, 0.15) is 11.6 Å². The zero-order chi connectivity index (χ0) is 15.1. The zero-order valence-electron chi connectivity index (χ0n) is 12.3. The molecule has 108 valence electrons. The number of aryl methyl sites for hydroxylation is 1. The van der Waals surface area contributed by atoms with Crippen molar-refractivity contribution in [2.24, 2.45) is 0 Å². The van der Waals surface area contributed by atoms with Crippen molar-refractivity contribution in [3.8, 4) is 17.1 Å². The van der Waals surface area contributed by atoms with Gasteiger partial charge in [-0.05, 0) is 79.3 Å². The van der Waals surface area contributed by atoms with Gasteiger partial charge in [-0.3, -0.25) is 0 Å². The first-order chi connectivity index (χ1) is 9.97. The van der Waals surface area contributed by atoms with E-state index in [1.165, 1.54) is 5.56 Å². The van der Waals surface area contributed by atoms with Crippen molar-refractivity contribution in [3.05, 3.63) is 45.5 Å². The van der Waals surface area contributed by atoms with Crippen molar-refractivity contribution in [1.29, 1.82) is 0 Å². The fourth-order valence-corrected chi connectivity index (χ4v) is 2.92. The maximum atomic E-state index is 9.97. The number of halogens is 1. The lowest BCUT2D eigenvalue weighted by Crippen LogP contribution is -2.03. The van der Waals surface area contributed by atoms with E-state index in [1.54, 1.807) is 6.07 Å². The molecule has 0 radical (unpaired) electrons. The Bertz CT molecular complexity index is 821. The molecule has 0 aliphatic carbocycles. The van der Waals surface area contributed by atoms with Crippen LogP contribution in [0.1, 0.15) is 25.5 Å². The third-order valence-corrected chi connectivity index (χ3v) is 4.48. The van der Waals surface area contributed by atoms with E-state index in [0.29, 0.717) is 11.8 Å². The first-order valence-electron chi connectivity index (χ1n) is 6.95. The molecule has 0 fully saturated rings. The number of benzene rings is 2. The molecular formula is C17H17IN2O. The molecule has 4 heteroatoms. The van der Waals surface area contributed by atoms with Gasteiger partial charge in [-0.15, -0.1) is 0 Å². The van der Waals surface area contributed by atoms with Crippen LogP contribution in [0.5, 0.6) is 5.75 Å². The molecule has 0 spiro atoms. The summed E-state index contributed by atoms with van der Waals surface area (Å²) in [4.78, 5) is 4.79. The quantitative estimate of drug-likeness (QED) is 0.630. The summed E-state index contributed by atoms with van der Waals surface area (Å²) in [5.74, 6) is 1.20. The minimum absolute atomic E-state index is 0.298. The van der Waals surface area contributed by atoms with Gasteiger partial charge in [0.25, 0.3) is 0 Å². The van der Waals surface area contributed by atoms with Gasteiger partial charge in [-0.25, -0.2) is 4.98 Å². The summed E-state index contributed by atoms with van der Waals surface area (Å²) < 4.78 is 3.07. The number of aromatic hydroxyl groups is 1. The number of fused-ring (bicyclic) bond motifs is 1. The van der Waals surface area contributed by atoms with Crippen molar-refractivity contribution in [1.82, 2.24) is 9.55 Å². The van der Waals surface area contributed by atoms with Crippen molar-refractivity contribution in [2.75, 3.05) is 0 Å². The van der Waals surface area contributed by atoms with Crippen molar-refractivity contribution < 1.29 is 5.11 Å². The predicted molar refractivity (Wildman–Crippen MR) is 94.7 cm³/mol. The Kier molecular flexibility index (Phi) is 3.65. The van der Waals surface area contributed by atoms with Crippen LogP contribution in [0.25, 0.3) is 22.4 Å². The number of imidazole rings is 1. The molecular weight excluding hydrogens is 375 g/mol. The molecule has 3 aromatic rings. The predicted octanol–water partition coefficient (Wildman–Crippen LogP) is 4.90. The van der Waals surface area contributed by atoms with Crippen molar-refractivity contribution in [2.45, 2.75) is 26.8 Å². The van der Waals surface area contributed by atoms with E-state index >= 15 is 0 Å². The molecule has 0 saturated carbocycles. The molecule has 0 bridgehead atoms. The summed E-state index contributed by atoms with van der Waals surface area (Å²) in [6.07, 6.45) is 0. The highest BCUT2D eigenvalue weighted by Crippen LogP contribution is 2.32. The molecule has 3 nitrogen and oxygen atoms in total. The summed E-state index contributed by atoms with van der Waals surface area (Å²) in [7, 11) is 0. The molecule has 2 aromatic carbocycles. The average molecular weight is 392 g/mol. The lowest BCUT2D eigenvalue weighted by Gasteiger charge is -2.13. The van der Waals surface area contributed by atoms with Crippen LogP contribution in [0.4, 0.5) is 0 Å². The maximum absolute atomic E-state index is 9.97. The Morgan fingerprint density at radius 3 is 2.57 bits per heavy atom. The number of phenols is 1. The standard InChI is InChI=1S/C17H17IN2O/c1-10(2)20-15-7-4-11(3)8-14(15)19-17(20)12-5-6-13(18)16(21)9-12/h4-10,21H,1-3H3. The smallest absolute Gasteiger partial charge is 0.141 e. The number of nitrogens with zero attached hydrogens (tertiary/aromatic N) is 2. The van der Waals surface area contributed by atoms with Crippen LogP contribution in [0.2, 0.25) is 0 Å². The summed E-state index contributed by atoms with van der Waals surface area (Å²) >= 11 is 2.12. The van der Waals surface area contributed by atoms with E-state index in [0.717, 1.165) is 26.0 Å². The molecule has 0 atom stereocenters. The Hall–Kier alpha value is -1.56. The fourth-order valence-electron chi connectivity index (χ4n) is 2.59. The maximum Gasteiger partial charge on any atom is 0.141 e. The van der Waals surface area contributed by atoms with E-state index in [2.05, 4.69) is 66.1 Å². The number of hydrogen-bond donors (Lipinski definition) is 1. The molecule has 0 saturated heterocycles. The Balaban J connectivity index is 2.30. The van der Waals surface area contributed by atoms with Gasteiger partial charge in [0, 0.05) is 11.6 Å². The molecule has 1 heterocycles. The fraction of sp³-hybridized carbons (Fsp3) is 0.235. The number of hydrogen-bond acceptors (Lipinski definition) is 2. The van der Waals surface area contributed by atoms with Crippen molar-refractivity contribution >= 4 is 33.6 Å². The SMILES string of the molecule is Cc1ccc2c(c1)nc(-c1ccc(I)c(O)c1)n2C(C)C. The molecule has 1 aromatic heterocycles. The summed E-state index contributed by atoms with van der Waals surface area (Å²) in [6, 6.07) is 12.3. The average Bonchev–Trinajstić information content (AvgIpc) is 2.80. The highest BCUT2D eigenvalue weighted by molar-refractivity contribution is 14.1. The van der Waals surface area contributed by atoms with Gasteiger partial charge >= 0.3 is 0 Å². The second-order valence-corrected chi connectivity index (χ2v) is 6.72. The van der Waals surface area contributed by atoms with E-state index < -0.39 is 0 Å². The van der Waals surface area contributed by atoms with Crippen LogP contribution >= 0.6 is 22.6 Å². The van der Waals surface area contributed by atoms with Gasteiger partial charge in [0.05, 0.1) is 14.6 Å². The normalized spacial score (nSPS) is 11.5. The molecule has 0 aliphatic heterocycles. The molecule has 0 unspecified atom stereocenters. The van der Waals surface area contributed by atoms with Crippen LogP contribution in [0.3, 0.4) is 0 Å². The minimum Gasteiger partial charge on any atom is -0.507 e.